The van der Waals surface area contributed by atoms with Crippen molar-refractivity contribution in [2.24, 2.45) is 0 Å². The lowest BCUT2D eigenvalue weighted by Crippen LogP contribution is -2.36. The first kappa shape index (κ1) is 27.7. The third-order valence-electron chi connectivity index (χ3n) is 8.01. The first-order valence-electron chi connectivity index (χ1n) is 13.8. The highest BCUT2D eigenvalue weighted by atomic mass is 32.1. The number of thiocarbonyl (C=S) groups is 1. The van der Waals surface area contributed by atoms with Crippen molar-refractivity contribution < 1.29 is 14.4 Å². The quantitative estimate of drug-likeness (QED) is 0.173. The van der Waals surface area contributed by atoms with Gasteiger partial charge in [0.1, 0.15) is 11.4 Å². The third kappa shape index (κ3) is 4.94. The van der Waals surface area contributed by atoms with Crippen LogP contribution in [-0.4, -0.2) is 53.0 Å². The van der Waals surface area contributed by atoms with Crippen LogP contribution in [0.15, 0.2) is 72.9 Å². The van der Waals surface area contributed by atoms with Crippen LogP contribution in [-0.2, 0) is 4.74 Å². The molecule has 0 radical (unpaired) electrons. The zero-order valence-electron chi connectivity index (χ0n) is 23.7. The van der Waals surface area contributed by atoms with Gasteiger partial charge in [-0.25, -0.2) is 0 Å². The van der Waals surface area contributed by atoms with E-state index in [1.807, 2.05) is 36.6 Å². The number of methoxy groups -OCH3 is 1. The standard InChI is InChI=1S/C31H32N6O4S/c1-20-18-25(21(2)35(20)27-12-11-24(40-3)19-28(27)37(38)39)30-29(26-6-4-5-13-32-26)33-31(42)36(30)23-9-7-22(8-10-23)34-14-16-41-17-15-34/h4-13,18-19,29-30H,14-17H2,1-3H3,(H,33,42)/t29-,30-/m1/s1. The molecule has 0 amide bonds. The molecule has 2 atom stereocenters. The summed E-state index contributed by atoms with van der Waals surface area (Å²) in [5, 5.41) is 16.2. The van der Waals surface area contributed by atoms with Gasteiger partial charge in [-0.15, -0.1) is 0 Å². The van der Waals surface area contributed by atoms with Crippen LogP contribution in [0.1, 0.15) is 34.7 Å². The van der Waals surface area contributed by atoms with Crippen LogP contribution in [0.4, 0.5) is 17.1 Å². The molecule has 4 heterocycles. The Labute approximate surface area is 249 Å². The Morgan fingerprint density at radius 2 is 1.79 bits per heavy atom. The fourth-order valence-corrected chi connectivity index (χ4v) is 6.36. The number of aryl methyl sites for hydroxylation is 1. The average molecular weight is 585 g/mol. The SMILES string of the molecule is COc1ccc(-n2c(C)cc([C@@H]3[C@@H](c4ccccn4)NC(=S)N3c3ccc(N4CCOCC4)cc3)c2C)c([N+](=O)[O-])c1. The van der Waals surface area contributed by atoms with Crippen molar-refractivity contribution in [1.29, 1.82) is 0 Å². The van der Waals surface area contributed by atoms with Crippen molar-refractivity contribution in [3.05, 3.63) is 106 Å². The molecule has 1 N–H and O–H groups in total. The number of nitro groups is 1. The molecular formula is C31H32N6O4S. The van der Waals surface area contributed by atoms with Crippen molar-refractivity contribution in [3.8, 4) is 11.4 Å². The van der Waals surface area contributed by atoms with Gasteiger partial charge in [0.25, 0.3) is 5.69 Å². The van der Waals surface area contributed by atoms with Gasteiger partial charge in [-0.3, -0.25) is 15.1 Å². The number of hydrogen-bond acceptors (Lipinski definition) is 7. The molecule has 10 nitrogen and oxygen atoms in total. The lowest BCUT2D eigenvalue weighted by atomic mass is 9.96. The molecule has 2 aromatic heterocycles. The van der Waals surface area contributed by atoms with Gasteiger partial charge in [-0.05, 0) is 86.2 Å². The second kappa shape index (κ2) is 11.4. The summed E-state index contributed by atoms with van der Waals surface area (Å²) in [5.41, 5.74) is 6.15. The molecule has 0 bridgehead atoms. The normalized spacial score (nSPS) is 18.7. The lowest BCUT2D eigenvalue weighted by Gasteiger charge is -2.31. The zero-order chi connectivity index (χ0) is 29.4. The Morgan fingerprint density at radius 1 is 1.05 bits per heavy atom. The van der Waals surface area contributed by atoms with E-state index in [-0.39, 0.29) is 22.7 Å². The highest BCUT2D eigenvalue weighted by Gasteiger charge is 2.42. The minimum atomic E-state index is -0.373. The van der Waals surface area contributed by atoms with Gasteiger partial charge in [0.05, 0.1) is 49.1 Å². The molecule has 2 aliphatic rings. The van der Waals surface area contributed by atoms with Gasteiger partial charge in [-0.2, -0.15) is 0 Å². The topological polar surface area (TPSA) is 97.9 Å². The number of hydrogen-bond donors (Lipinski definition) is 1. The summed E-state index contributed by atoms with van der Waals surface area (Å²) >= 11 is 5.94. The van der Waals surface area contributed by atoms with E-state index in [4.69, 9.17) is 21.7 Å². The number of ether oxygens (including phenoxy) is 2. The van der Waals surface area contributed by atoms with Crippen molar-refractivity contribution in [3.63, 3.8) is 0 Å². The molecule has 2 saturated heterocycles. The summed E-state index contributed by atoms with van der Waals surface area (Å²) in [6.07, 6.45) is 1.78. The molecule has 2 fully saturated rings. The average Bonchev–Trinajstić information content (AvgIpc) is 3.52. The summed E-state index contributed by atoms with van der Waals surface area (Å²) in [6, 6.07) is 20.8. The van der Waals surface area contributed by atoms with Gasteiger partial charge in [-0.1, -0.05) is 6.07 Å². The molecule has 0 spiro atoms. The molecule has 216 valence electrons. The number of nitro benzene ring substituents is 1. The fourth-order valence-electron chi connectivity index (χ4n) is 6.02. The fraction of sp³-hybridized carbons (Fsp3) is 0.290. The number of anilines is 2. The monoisotopic (exact) mass is 584 g/mol. The van der Waals surface area contributed by atoms with Gasteiger partial charge in [0.2, 0.25) is 0 Å². The molecule has 11 heteroatoms. The van der Waals surface area contributed by atoms with Gasteiger partial charge in [0.15, 0.2) is 5.11 Å². The molecule has 4 aromatic rings. The van der Waals surface area contributed by atoms with Gasteiger partial charge < -0.3 is 29.2 Å². The predicted octanol–water partition coefficient (Wildman–Crippen LogP) is 5.42. The van der Waals surface area contributed by atoms with E-state index in [0.717, 1.165) is 60.3 Å². The summed E-state index contributed by atoms with van der Waals surface area (Å²) in [6.45, 7) is 7.11. The number of pyridine rings is 1. The van der Waals surface area contributed by atoms with E-state index in [1.165, 1.54) is 13.2 Å². The number of morpholine rings is 1. The van der Waals surface area contributed by atoms with Crippen molar-refractivity contribution in [1.82, 2.24) is 14.9 Å². The van der Waals surface area contributed by atoms with Crippen LogP contribution in [0.25, 0.3) is 5.69 Å². The maximum atomic E-state index is 12.1. The van der Waals surface area contributed by atoms with E-state index < -0.39 is 0 Å². The number of nitrogens with one attached hydrogen (secondary N) is 1. The van der Waals surface area contributed by atoms with Crippen molar-refractivity contribution in [2.75, 3.05) is 43.2 Å². The zero-order valence-corrected chi connectivity index (χ0v) is 24.5. The Bertz CT molecular complexity index is 1620. The molecule has 42 heavy (non-hydrogen) atoms. The third-order valence-corrected chi connectivity index (χ3v) is 8.33. The van der Waals surface area contributed by atoms with Gasteiger partial charge >= 0.3 is 0 Å². The predicted molar refractivity (Wildman–Crippen MR) is 166 cm³/mol. The maximum absolute atomic E-state index is 12.1. The van der Waals surface area contributed by atoms with Gasteiger partial charge in [0, 0.05) is 42.0 Å². The molecule has 2 aliphatic heterocycles. The first-order valence-corrected chi connectivity index (χ1v) is 14.2. The number of rotatable bonds is 7. The molecule has 2 aromatic carbocycles. The number of aromatic nitrogens is 2. The van der Waals surface area contributed by atoms with E-state index in [9.17, 15) is 10.1 Å². The summed E-state index contributed by atoms with van der Waals surface area (Å²) in [7, 11) is 1.50. The van der Waals surface area contributed by atoms with Crippen LogP contribution in [0, 0.1) is 24.0 Å². The van der Waals surface area contributed by atoms with Crippen molar-refractivity contribution >= 4 is 34.4 Å². The van der Waals surface area contributed by atoms with E-state index in [0.29, 0.717) is 16.5 Å². The largest absolute Gasteiger partial charge is 0.496 e. The molecular weight excluding hydrogens is 552 g/mol. The van der Waals surface area contributed by atoms with E-state index in [2.05, 4.69) is 50.4 Å². The summed E-state index contributed by atoms with van der Waals surface area (Å²) in [5.74, 6) is 0.431. The minimum absolute atomic E-state index is 0.0281. The molecule has 0 saturated carbocycles. The Balaban J connectivity index is 1.46. The lowest BCUT2D eigenvalue weighted by molar-refractivity contribution is -0.384. The van der Waals surface area contributed by atoms with E-state index in [1.54, 1.807) is 18.3 Å². The van der Waals surface area contributed by atoms with Crippen LogP contribution >= 0.6 is 12.2 Å². The number of nitrogens with zero attached hydrogens (tertiary/aromatic N) is 5. The van der Waals surface area contributed by atoms with Crippen LogP contribution in [0.3, 0.4) is 0 Å². The molecule has 0 aliphatic carbocycles. The summed E-state index contributed by atoms with van der Waals surface area (Å²) in [4.78, 5) is 20.8. The second-order valence-corrected chi connectivity index (χ2v) is 10.8. The molecule has 6 rings (SSSR count). The maximum Gasteiger partial charge on any atom is 0.296 e. The second-order valence-electron chi connectivity index (χ2n) is 10.4. The van der Waals surface area contributed by atoms with E-state index >= 15 is 0 Å². The highest BCUT2D eigenvalue weighted by Crippen LogP contribution is 2.44. The Morgan fingerprint density at radius 3 is 2.45 bits per heavy atom. The smallest absolute Gasteiger partial charge is 0.296 e. The Hall–Kier alpha value is -4.48. The van der Waals surface area contributed by atoms with Crippen LogP contribution < -0.4 is 19.9 Å². The highest BCUT2D eigenvalue weighted by molar-refractivity contribution is 7.80. The minimum Gasteiger partial charge on any atom is -0.496 e. The Kier molecular flexibility index (Phi) is 7.53. The number of benzene rings is 2. The van der Waals surface area contributed by atoms with Crippen LogP contribution in [0.2, 0.25) is 0 Å². The first-order chi connectivity index (χ1) is 20.4. The van der Waals surface area contributed by atoms with Crippen molar-refractivity contribution in [2.45, 2.75) is 25.9 Å². The summed E-state index contributed by atoms with van der Waals surface area (Å²) < 4.78 is 12.7. The van der Waals surface area contributed by atoms with Crippen LogP contribution in [0.5, 0.6) is 5.75 Å². The molecule has 0 unspecified atom stereocenters.